The Morgan fingerprint density at radius 3 is 2.62 bits per heavy atom. The molecule has 0 spiro atoms. The van der Waals surface area contributed by atoms with Crippen molar-refractivity contribution in [3.05, 3.63) is 57.8 Å². The van der Waals surface area contributed by atoms with Gasteiger partial charge in [0.2, 0.25) is 0 Å². The molecule has 0 aliphatic rings. The van der Waals surface area contributed by atoms with Crippen LogP contribution in [0.4, 0.5) is 0 Å². The predicted octanol–water partition coefficient (Wildman–Crippen LogP) is 5.42. The van der Waals surface area contributed by atoms with Crippen LogP contribution in [0.15, 0.2) is 36.4 Å². The van der Waals surface area contributed by atoms with E-state index in [4.69, 9.17) is 34.8 Å². The normalized spacial score (nSPS) is 11.2. The van der Waals surface area contributed by atoms with Crippen molar-refractivity contribution < 1.29 is 0 Å². The summed E-state index contributed by atoms with van der Waals surface area (Å²) in [5, 5.41) is 1.41. The van der Waals surface area contributed by atoms with Crippen LogP contribution in [0.3, 0.4) is 0 Å². The Labute approximate surface area is 138 Å². The van der Waals surface area contributed by atoms with Crippen molar-refractivity contribution in [2.75, 3.05) is 5.88 Å². The number of aromatic nitrogens is 2. The zero-order valence-corrected chi connectivity index (χ0v) is 13.7. The monoisotopic (exact) mass is 338 g/mol. The Morgan fingerprint density at radius 1 is 1.10 bits per heavy atom. The van der Waals surface area contributed by atoms with Crippen LogP contribution in [0.5, 0.6) is 0 Å². The van der Waals surface area contributed by atoms with Gasteiger partial charge < -0.3 is 0 Å². The van der Waals surface area contributed by atoms with Gasteiger partial charge in [-0.05, 0) is 42.8 Å². The van der Waals surface area contributed by atoms with E-state index >= 15 is 0 Å². The number of alkyl halides is 1. The van der Waals surface area contributed by atoms with Gasteiger partial charge >= 0.3 is 0 Å². The molecule has 2 aromatic carbocycles. The fraction of sp³-hybridized carbons (Fsp3) is 0.188. The highest BCUT2D eigenvalue weighted by molar-refractivity contribution is 6.31. The maximum absolute atomic E-state index is 6.26. The molecule has 0 aliphatic carbocycles. The summed E-state index contributed by atoms with van der Waals surface area (Å²) in [7, 11) is 0. The van der Waals surface area contributed by atoms with Gasteiger partial charge in [0.25, 0.3) is 0 Å². The molecule has 1 heterocycles. The number of rotatable bonds is 3. The van der Waals surface area contributed by atoms with Crippen molar-refractivity contribution in [1.82, 2.24) is 9.55 Å². The molecule has 3 rings (SSSR count). The van der Waals surface area contributed by atoms with Crippen LogP contribution in [0.25, 0.3) is 16.7 Å². The summed E-state index contributed by atoms with van der Waals surface area (Å²) in [6.07, 6.45) is 0.680. The number of nitrogens with zero attached hydrogens (tertiary/aromatic N) is 2. The summed E-state index contributed by atoms with van der Waals surface area (Å²) in [5.41, 5.74) is 3.89. The minimum Gasteiger partial charge on any atom is -0.296 e. The van der Waals surface area contributed by atoms with Crippen LogP contribution >= 0.6 is 34.8 Å². The van der Waals surface area contributed by atoms with Gasteiger partial charge in [-0.3, -0.25) is 4.57 Å². The molecule has 21 heavy (non-hydrogen) atoms. The number of hydrogen-bond acceptors (Lipinski definition) is 1. The molecule has 1 aromatic heterocycles. The highest BCUT2D eigenvalue weighted by Gasteiger charge is 2.13. The van der Waals surface area contributed by atoms with E-state index < -0.39 is 0 Å². The first-order valence-electron chi connectivity index (χ1n) is 6.59. The van der Waals surface area contributed by atoms with Crippen LogP contribution in [0.1, 0.15) is 11.4 Å². The summed E-state index contributed by atoms with van der Waals surface area (Å²) in [6.45, 7) is 1.98. The highest BCUT2D eigenvalue weighted by atomic mass is 35.5. The Morgan fingerprint density at radius 2 is 1.90 bits per heavy atom. The van der Waals surface area contributed by atoms with Gasteiger partial charge in [0, 0.05) is 28.0 Å². The number of fused-ring (bicyclic) bond motifs is 1. The van der Waals surface area contributed by atoms with Crippen LogP contribution < -0.4 is 0 Å². The van der Waals surface area contributed by atoms with Gasteiger partial charge in [0.15, 0.2) is 0 Å². The maximum atomic E-state index is 6.26. The second kappa shape index (κ2) is 5.88. The van der Waals surface area contributed by atoms with E-state index in [0.717, 1.165) is 33.1 Å². The summed E-state index contributed by atoms with van der Waals surface area (Å²) >= 11 is 18.2. The van der Waals surface area contributed by atoms with E-state index in [2.05, 4.69) is 9.55 Å². The molecule has 0 fully saturated rings. The van der Waals surface area contributed by atoms with Crippen LogP contribution in [0, 0.1) is 6.92 Å². The smallest absolute Gasteiger partial charge is 0.115 e. The third kappa shape index (κ3) is 2.76. The lowest BCUT2D eigenvalue weighted by Crippen LogP contribution is -2.02. The minimum absolute atomic E-state index is 0.511. The van der Waals surface area contributed by atoms with Crippen molar-refractivity contribution in [3.63, 3.8) is 0 Å². The van der Waals surface area contributed by atoms with Crippen molar-refractivity contribution in [2.24, 2.45) is 0 Å². The summed E-state index contributed by atoms with van der Waals surface area (Å²) in [5.74, 6) is 1.42. The van der Waals surface area contributed by atoms with Crippen LogP contribution in [0.2, 0.25) is 10.0 Å². The molecule has 0 bridgehead atoms. The van der Waals surface area contributed by atoms with E-state index in [0.29, 0.717) is 17.3 Å². The van der Waals surface area contributed by atoms with Gasteiger partial charge in [-0.1, -0.05) is 29.3 Å². The fourth-order valence-corrected chi connectivity index (χ4v) is 2.87. The number of hydrogen-bond donors (Lipinski definition) is 0. The molecular weight excluding hydrogens is 327 g/mol. The average molecular weight is 340 g/mol. The van der Waals surface area contributed by atoms with Crippen molar-refractivity contribution in [2.45, 2.75) is 13.3 Å². The zero-order valence-electron chi connectivity index (χ0n) is 11.4. The molecule has 2 nitrogen and oxygen atoms in total. The Bertz CT molecular complexity index is 809. The highest BCUT2D eigenvalue weighted by Crippen LogP contribution is 2.27. The van der Waals surface area contributed by atoms with Crippen LogP contribution in [-0.4, -0.2) is 15.4 Å². The fourth-order valence-electron chi connectivity index (χ4n) is 2.36. The Kier molecular flexibility index (Phi) is 4.12. The number of halogens is 3. The molecule has 3 aromatic rings. The van der Waals surface area contributed by atoms with Gasteiger partial charge in [-0.2, -0.15) is 0 Å². The second-order valence-corrected chi connectivity index (χ2v) is 6.09. The third-order valence-electron chi connectivity index (χ3n) is 3.42. The first-order chi connectivity index (χ1) is 10.1. The summed E-state index contributed by atoms with van der Waals surface area (Å²) in [6, 6.07) is 11.7. The first kappa shape index (κ1) is 14.7. The SMILES string of the molecule is Cc1ccc(-n2c(CCCl)nc3cc(Cl)ccc32)cc1Cl. The molecule has 0 aliphatic heterocycles. The molecule has 5 heteroatoms. The van der Waals surface area contributed by atoms with Crippen LogP contribution in [-0.2, 0) is 6.42 Å². The number of benzene rings is 2. The zero-order chi connectivity index (χ0) is 15.0. The number of aryl methyl sites for hydroxylation is 2. The second-order valence-electron chi connectivity index (χ2n) is 4.87. The van der Waals surface area contributed by atoms with Crippen molar-refractivity contribution >= 4 is 45.8 Å². The topological polar surface area (TPSA) is 17.8 Å². The molecule has 108 valence electrons. The quantitative estimate of drug-likeness (QED) is 0.582. The van der Waals surface area contributed by atoms with Gasteiger partial charge in [0.05, 0.1) is 11.0 Å². The lowest BCUT2D eigenvalue weighted by Gasteiger charge is -2.10. The van der Waals surface area contributed by atoms with E-state index in [9.17, 15) is 0 Å². The molecule has 0 amide bonds. The van der Waals surface area contributed by atoms with Gasteiger partial charge in [-0.25, -0.2) is 4.98 Å². The predicted molar refractivity (Wildman–Crippen MR) is 90.3 cm³/mol. The largest absolute Gasteiger partial charge is 0.296 e. The third-order valence-corrected chi connectivity index (χ3v) is 4.25. The Hall–Kier alpha value is -1.22. The Balaban J connectivity index is 2.27. The molecule has 0 radical (unpaired) electrons. The average Bonchev–Trinajstić information content (AvgIpc) is 2.79. The number of imidazole rings is 1. The lowest BCUT2D eigenvalue weighted by molar-refractivity contribution is 0.912. The van der Waals surface area contributed by atoms with E-state index in [1.807, 2.05) is 43.3 Å². The molecular formula is C16H13Cl3N2. The molecule has 0 N–H and O–H groups in total. The standard InChI is InChI=1S/C16H13Cl3N2/c1-10-2-4-12(9-13(10)19)21-15-5-3-11(18)8-14(15)20-16(21)6-7-17/h2-5,8-9H,6-7H2,1H3. The van der Waals surface area contributed by atoms with E-state index in [-0.39, 0.29) is 0 Å². The van der Waals surface area contributed by atoms with E-state index in [1.165, 1.54) is 0 Å². The maximum Gasteiger partial charge on any atom is 0.115 e. The first-order valence-corrected chi connectivity index (χ1v) is 7.88. The van der Waals surface area contributed by atoms with Gasteiger partial charge in [-0.15, -0.1) is 11.6 Å². The molecule has 0 unspecified atom stereocenters. The van der Waals surface area contributed by atoms with E-state index in [1.54, 1.807) is 0 Å². The summed E-state index contributed by atoms with van der Waals surface area (Å²) < 4.78 is 2.08. The molecule has 0 saturated heterocycles. The molecule has 0 saturated carbocycles. The molecule has 0 atom stereocenters. The summed E-state index contributed by atoms with van der Waals surface area (Å²) in [4.78, 5) is 4.64. The van der Waals surface area contributed by atoms with Crippen molar-refractivity contribution in [3.8, 4) is 5.69 Å². The van der Waals surface area contributed by atoms with Crippen molar-refractivity contribution in [1.29, 1.82) is 0 Å². The minimum atomic E-state index is 0.511. The lowest BCUT2D eigenvalue weighted by atomic mass is 10.2. The van der Waals surface area contributed by atoms with Gasteiger partial charge in [0.1, 0.15) is 5.82 Å².